The Labute approximate surface area is 115 Å². The zero-order valence-corrected chi connectivity index (χ0v) is 11.9. The van der Waals surface area contributed by atoms with E-state index in [1.165, 1.54) is 23.5 Å². The number of carbonyl (C=O) groups excluding carboxylic acids is 1. The molecular weight excluding hydrogens is 327 g/mol. The van der Waals surface area contributed by atoms with Crippen molar-refractivity contribution in [2.24, 2.45) is 0 Å². The molecule has 0 aliphatic heterocycles. The van der Waals surface area contributed by atoms with Crippen LogP contribution in [0.1, 0.15) is 20.8 Å². The standard InChI is InChI=1S/C12H7BrClFOS/c1-6-2-3-7(15)4-8(6)11(16)10-5-9(13)12(14)17-10/h2-5H,1H3. The molecule has 0 spiro atoms. The number of carbonyl (C=O) groups is 1. The summed E-state index contributed by atoms with van der Waals surface area (Å²) in [4.78, 5) is 12.6. The van der Waals surface area contributed by atoms with Crippen LogP contribution in [0, 0.1) is 12.7 Å². The first-order valence-corrected chi connectivity index (χ1v) is 6.73. The van der Waals surface area contributed by atoms with Gasteiger partial charge >= 0.3 is 0 Å². The van der Waals surface area contributed by atoms with Crippen LogP contribution >= 0.6 is 38.9 Å². The maximum atomic E-state index is 13.1. The summed E-state index contributed by atoms with van der Waals surface area (Å²) in [6.07, 6.45) is 0. The molecule has 2 rings (SSSR count). The second-order valence-electron chi connectivity index (χ2n) is 3.52. The molecule has 1 nitrogen and oxygen atoms in total. The number of aryl methyl sites for hydroxylation is 1. The number of thiophene rings is 1. The monoisotopic (exact) mass is 332 g/mol. The molecule has 1 heterocycles. The number of rotatable bonds is 2. The Morgan fingerprint density at radius 1 is 1.41 bits per heavy atom. The van der Waals surface area contributed by atoms with Crippen molar-refractivity contribution in [2.45, 2.75) is 6.92 Å². The quantitative estimate of drug-likeness (QED) is 0.719. The molecule has 0 saturated carbocycles. The average Bonchev–Trinajstić information content (AvgIpc) is 2.62. The highest BCUT2D eigenvalue weighted by atomic mass is 79.9. The topological polar surface area (TPSA) is 17.1 Å². The molecule has 0 radical (unpaired) electrons. The molecule has 0 aliphatic carbocycles. The van der Waals surface area contributed by atoms with E-state index in [0.717, 1.165) is 5.56 Å². The summed E-state index contributed by atoms with van der Waals surface area (Å²) in [7, 11) is 0. The van der Waals surface area contributed by atoms with Crippen LogP contribution < -0.4 is 0 Å². The van der Waals surface area contributed by atoms with E-state index in [9.17, 15) is 9.18 Å². The molecule has 0 unspecified atom stereocenters. The van der Waals surface area contributed by atoms with Crippen molar-refractivity contribution in [1.29, 1.82) is 0 Å². The van der Waals surface area contributed by atoms with Gasteiger partial charge in [-0.15, -0.1) is 11.3 Å². The molecule has 17 heavy (non-hydrogen) atoms. The third-order valence-corrected chi connectivity index (χ3v) is 4.79. The fraction of sp³-hybridized carbons (Fsp3) is 0.0833. The first-order valence-electron chi connectivity index (χ1n) is 4.74. The molecule has 5 heteroatoms. The number of ketones is 1. The second kappa shape index (κ2) is 4.88. The second-order valence-corrected chi connectivity index (χ2v) is 6.03. The number of benzene rings is 1. The lowest BCUT2D eigenvalue weighted by atomic mass is 10.0. The number of halogens is 3. The largest absolute Gasteiger partial charge is 0.288 e. The molecule has 2 aromatic rings. The Balaban J connectivity index is 2.47. The molecule has 0 saturated heterocycles. The zero-order chi connectivity index (χ0) is 12.6. The molecule has 0 amide bonds. The summed E-state index contributed by atoms with van der Waals surface area (Å²) in [6, 6.07) is 5.83. The van der Waals surface area contributed by atoms with Crippen molar-refractivity contribution >= 4 is 44.7 Å². The smallest absolute Gasteiger partial charge is 0.203 e. The van der Waals surface area contributed by atoms with Gasteiger partial charge in [0.15, 0.2) is 0 Å². The van der Waals surface area contributed by atoms with Crippen LogP contribution in [-0.2, 0) is 0 Å². The van der Waals surface area contributed by atoms with E-state index in [0.29, 0.717) is 19.2 Å². The van der Waals surface area contributed by atoms with Gasteiger partial charge in [0.05, 0.1) is 4.88 Å². The molecule has 0 bridgehead atoms. The normalized spacial score (nSPS) is 10.6. The van der Waals surface area contributed by atoms with Gasteiger partial charge in [-0.25, -0.2) is 4.39 Å². The third kappa shape index (κ3) is 2.59. The van der Waals surface area contributed by atoms with Gasteiger partial charge in [-0.05, 0) is 46.6 Å². The van der Waals surface area contributed by atoms with Gasteiger partial charge in [0.25, 0.3) is 0 Å². The van der Waals surface area contributed by atoms with Crippen LogP contribution in [-0.4, -0.2) is 5.78 Å². The molecule has 1 aromatic heterocycles. The van der Waals surface area contributed by atoms with Gasteiger partial charge in [-0.2, -0.15) is 0 Å². The summed E-state index contributed by atoms with van der Waals surface area (Å²) in [5.74, 6) is -0.625. The van der Waals surface area contributed by atoms with Crippen molar-refractivity contribution in [2.75, 3.05) is 0 Å². The molecule has 1 aromatic carbocycles. The molecular formula is C12H7BrClFOS. The maximum Gasteiger partial charge on any atom is 0.203 e. The maximum absolute atomic E-state index is 13.1. The summed E-state index contributed by atoms with van der Waals surface area (Å²) >= 11 is 10.3. The van der Waals surface area contributed by atoms with E-state index in [1.807, 2.05) is 0 Å². The van der Waals surface area contributed by atoms with Crippen LogP contribution in [0.3, 0.4) is 0 Å². The lowest BCUT2D eigenvalue weighted by molar-refractivity contribution is 0.104. The Morgan fingerprint density at radius 3 is 2.71 bits per heavy atom. The molecule has 88 valence electrons. The minimum absolute atomic E-state index is 0.209. The van der Waals surface area contributed by atoms with Crippen molar-refractivity contribution in [3.05, 3.63) is 54.9 Å². The highest BCUT2D eigenvalue weighted by Crippen LogP contribution is 2.33. The van der Waals surface area contributed by atoms with Gasteiger partial charge in [0, 0.05) is 10.0 Å². The van der Waals surface area contributed by atoms with Gasteiger partial charge in [0.2, 0.25) is 5.78 Å². The Hall–Kier alpha value is -0.710. The van der Waals surface area contributed by atoms with E-state index in [1.54, 1.807) is 19.1 Å². The van der Waals surface area contributed by atoms with Crippen LogP contribution in [0.2, 0.25) is 4.34 Å². The Kier molecular flexibility index (Phi) is 3.66. The predicted octanol–water partition coefficient (Wildman–Crippen LogP) is 4.84. The summed E-state index contributed by atoms with van der Waals surface area (Å²) in [6.45, 7) is 1.77. The first kappa shape index (κ1) is 12.7. The fourth-order valence-corrected chi connectivity index (χ4v) is 3.09. The van der Waals surface area contributed by atoms with Gasteiger partial charge in [-0.1, -0.05) is 17.7 Å². The van der Waals surface area contributed by atoms with Crippen molar-refractivity contribution in [3.63, 3.8) is 0 Å². The molecule has 0 aliphatic rings. The van der Waals surface area contributed by atoms with Crippen LogP contribution in [0.5, 0.6) is 0 Å². The van der Waals surface area contributed by atoms with Crippen LogP contribution in [0.25, 0.3) is 0 Å². The summed E-state index contributed by atoms with van der Waals surface area (Å²) in [5, 5.41) is 0. The van der Waals surface area contributed by atoms with E-state index in [2.05, 4.69) is 15.9 Å². The third-order valence-electron chi connectivity index (χ3n) is 2.31. The molecule has 0 atom stereocenters. The van der Waals surface area contributed by atoms with Crippen molar-refractivity contribution < 1.29 is 9.18 Å². The minimum atomic E-state index is -0.416. The summed E-state index contributed by atoms with van der Waals surface area (Å²) < 4.78 is 14.3. The highest BCUT2D eigenvalue weighted by Gasteiger charge is 2.16. The van der Waals surface area contributed by atoms with E-state index in [-0.39, 0.29) is 5.78 Å². The predicted molar refractivity (Wildman–Crippen MR) is 71.6 cm³/mol. The van der Waals surface area contributed by atoms with Gasteiger partial charge in [0.1, 0.15) is 10.2 Å². The zero-order valence-electron chi connectivity index (χ0n) is 8.76. The minimum Gasteiger partial charge on any atom is -0.288 e. The molecule has 0 N–H and O–H groups in total. The van der Waals surface area contributed by atoms with Gasteiger partial charge in [-0.3, -0.25) is 4.79 Å². The lowest BCUT2D eigenvalue weighted by Crippen LogP contribution is -2.02. The average molecular weight is 334 g/mol. The first-order chi connectivity index (χ1) is 7.99. The van der Waals surface area contributed by atoms with Gasteiger partial charge < -0.3 is 0 Å². The molecule has 0 fully saturated rings. The number of hydrogen-bond acceptors (Lipinski definition) is 2. The van der Waals surface area contributed by atoms with E-state index in [4.69, 9.17) is 11.6 Å². The Bertz CT molecular complexity index is 575. The summed E-state index contributed by atoms with van der Waals surface area (Å²) in [5.41, 5.74) is 1.12. The number of hydrogen-bond donors (Lipinski definition) is 0. The van der Waals surface area contributed by atoms with Crippen LogP contribution in [0.4, 0.5) is 4.39 Å². The van der Waals surface area contributed by atoms with Crippen molar-refractivity contribution in [3.8, 4) is 0 Å². The lowest BCUT2D eigenvalue weighted by Gasteiger charge is -2.02. The fourth-order valence-electron chi connectivity index (χ4n) is 1.43. The van der Waals surface area contributed by atoms with Crippen LogP contribution in [0.15, 0.2) is 28.7 Å². The Morgan fingerprint density at radius 2 is 2.12 bits per heavy atom. The highest BCUT2D eigenvalue weighted by molar-refractivity contribution is 9.10. The van der Waals surface area contributed by atoms with E-state index < -0.39 is 5.82 Å². The van der Waals surface area contributed by atoms with E-state index >= 15 is 0 Å². The van der Waals surface area contributed by atoms with Crippen molar-refractivity contribution in [1.82, 2.24) is 0 Å². The SMILES string of the molecule is Cc1ccc(F)cc1C(=O)c1cc(Br)c(Cl)s1.